The molecule has 5 aromatic rings. The lowest BCUT2D eigenvalue weighted by molar-refractivity contribution is 0.252. The number of nitrogens with one attached hydrogen (secondary N) is 2. The number of rotatable bonds is 9. The SMILES string of the molecule is Brc1cccc2c1OCC2.N#CCCCBr.NCCCCN1CCN(c2cccc3c2OCC3)CC1.Oc1c(Br)cccc1Br.c1cc2c(c(N3CCNCC3)c1)OCC2.c1cc2c(c(N3CCNCC3)c1)OCC2. The Labute approximate surface area is 478 Å². The maximum atomic E-state index is 9.11. The molecule has 0 unspecified atom stereocenters. The van der Waals surface area contributed by atoms with Gasteiger partial charge in [0.15, 0.2) is 0 Å². The number of fused-ring (bicyclic) bond motifs is 4. The number of unbranched alkanes of at least 4 members (excludes halogenated alkanes) is 2. The van der Waals surface area contributed by atoms with Gasteiger partial charge in [0, 0.05) is 116 Å². The average molecular weight is 1280 g/mol. The molecule has 17 heteroatoms. The number of hydrogen-bond donors (Lipinski definition) is 4. The van der Waals surface area contributed by atoms with Gasteiger partial charge in [-0.3, -0.25) is 4.90 Å². The van der Waals surface area contributed by atoms with Crippen molar-refractivity contribution >= 4 is 80.8 Å². The molecule has 3 fully saturated rings. The van der Waals surface area contributed by atoms with Gasteiger partial charge in [0.2, 0.25) is 0 Å². The number of halogens is 4. The highest BCUT2D eigenvalue weighted by Gasteiger charge is 2.25. The summed E-state index contributed by atoms with van der Waals surface area (Å²) in [7, 11) is 0. The van der Waals surface area contributed by atoms with Gasteiger partial charge in [-0.1, -0.05) is 70.5 Å². The minimum atomic E-state index is 0.248. The smallest absolute Gasteiger partial charge is 0.145 e. The van der Waals surface area contributed by atoms with Gasteiger partial charge in [-0.2, -0.15) is 5.26 Å². The minimum Gasteiger partial charge on any atom is -0.506 e. The quantitative estimate of drug-likeness (QED) is 0.0822. The van der Waals surface area contributed by atoms with Gasteiger partial charge in [-0.25, -0.2) is 0 Å². The maximum absolute atomic E-state index is 9.11. The van der Waals surface area contributed by atoms with Crippen LogP contribution in [0.2, 0.25) is 0 Å². The van der Waals surface area contributed by atoms with Crippen LogP contribution in [0.3, 0.4) is 0 Å². The van der Waals surface area contributed by atoms with Crippen molar-refractivity contribution in [3.05, 3.63) is 127 Å². The second kappa shape index (κ2) is 31.8. The summed E-state index contributed by atoms with van der Waals surface area (Å²) in [6.45, 7) is 18.5. The predicted molar refractivity (Wildman–Crippen MR) is 320 cm³/mol. The number of nitrogens with zero attached hydrogens (tertiary/aromatic N) is 5. The van der Waals surface area contributed by atoms with Crippen LogP contribution in [0.5, 0.6) is 28.7 Å². The Bertz CT molecular complexity index is 2480. The van der Waals surface area contributed by atoms with Crippen molar-refractivity contribution in [3.8, 4) is 34.8 Å². The zero-order valence-electron chi connectivity index (χ0n) is 43.2. The molecule has 0 aliphatic carbocycles. The standard InChI is InChI=1S/C16H25N3O.2C12H16N2O.C8H7BrO.C6H4Br2O.C4H6BrN/c17-7-1-2-8-18-9-11-19(12-10-18)15-5-3-4-14-6-13-20-16(14)15;2*1-2-10-4-9-15-12(10)11(3-1)14-7-5-13-6-8-14;9-7-3-1-2-6-4-5-10-8(6)7;7-4-2-1-3-5(8)6(4)9;5-3-1-2-4-6/h3-5H,1-2,6-13,17H2;2*1-3,13H,4-9H2;1-3H,4-5H2;1-3,9H;1-3H2. The molecule has 0 saturated carbocycles. The second-order valence-corrected chi connectivity index (χ2v) is 22.1. The number of benzene rings is 5. The van der Waals surface area contributed by atoms with Crippen LogP contribution in [0.1, 0.15) is 47.9 Å². The number of para-hydroxylation sites is 5. The number of phenols is 1. The molecule has 7 aliphatic heterocycles. The van der Waals surface area contributed by atoms with Gasteiger partial charge in [0.25, 0.3) is 0 Å². The first kappa shape index (κ1) is 58.4. The van der Waals surface area contributed by atoms with Crippen LogP contribution >= 0.6 is 63.7 Å². The number of nitrogens with two attached hydrogens (primary N) is 1. The summed E-state index contributed by atoms with van der Waals surface area (Å²) in [5.41, 5.74) is 14.8. The van der Waals surface area contributed by atoms with E-state index in [1.165, 1.54) is 52.3 Å². The summed E-state index contributed by atoms with van der Waals surface area (Å²) in [6.07, 6.45) is 8.24. The van der Waals surface area contributed by atoms with Crippen molar-refractivity contribution in [1.29, 1.82) is 5.26 Å². The number of hydrogen-bond acceptors (Lipinski definition) is 13. The fourth-order valence-corrected chi connectivity index (χ4v) is 11.5. The van der Waals surface area contributed by atoms with Crippen LogP contribution in [0.4, 0.5) is 17.1 Å². The maximum Gasteiger partial charge on any atom is 0.145 e. The third-order valence-corrected chi connectivity index (χ3v) is 16.1. The molecule has 3 saturated heterocycles. The highest BCUT2D eigenvalue weighted by atomic mass is 79.9. The molecule has 5 aromatic carbocycles. The third kappa shape index (κ3) is 17.4. The molecule has 13 nitrogen and oxygen atoms in total. The zero-order chi connectivity index (χ0) is 52.6. The van der Waals surface area contributed by atoms with Crippen molar-refractivity contribution in [2.24, 2.45) is 5.73 Å². The minimum absolute atomic E-state index is 0.248. The Morgan fingerprint density at radius 2 is 0.893 bits per heavy atom. The van der Waals surface area contributed by atoms with E-state index in [0.717, 1.165) is 183 Å². The lowest BCUT2D eigenvalue weighted by atomic mass is 10.1. The van der Waals surface area contributed by atoms with Crippen LogP contribution in [0.25, 0.3) is 0 Å². The van der Waals surface area contributed by atoms with Gasteiger partial charge in [-0.15, -0.1) is 0 Å². The average Bonchev–Trinajstić information content (AvgIpc) is 4.32. The molecular formula is C58H74Br4N8O5. The van der Waals surface area contributed by atoms with E-state index in [2.05, 4.69) is 155 Å². The van der Waals surface area contributed by atoms with Crippen molar-refractivity contribution in [3.63, 3.8) is 0 Å². The summed E-state index contributed by atoms with van der Waals surface area (Å²) in [4.78, 5) is 9.86. The molecule has 75 heavy (non-hydrogen) atoms. The Balaban J connectivity index is 0.000000136. The van der Waals surface area contributed by atoms with E-state index in [4.69, 9.17) is 35.0 Å². The van der Waals surface area contributed by atoms with E-state index in [9.17, 15) is 0 Å². The number of piperazine rings is 3. The molecule has 0 spiro atoms. The summed E-state index contributed by atoms with van der Waals surface area (Å²) >= 11 is 13.0. The predicted octanol–water partition coefficient (Wildman–Crippen LogP) is 10.5. The van der Waals surface area contributed by atoms with Crippen molar-refractivity contribution in [1.82, 2.24) is 15.5 Å². The molecule has 0 bridgehead atoms. The summed E-state index contributed by atoms with van der Waals surface area (Å²) in [6, 6.07) is 33.1. The van der Waals surface area contributed by atoms with Gasteiger partial charge in [0.05, 0.1) is 63.0 Å². The Morgan fingerprint density at radius 3 is 1.28 bits per heavy atom. The molecule has 0 radical (unpaired) electrons. The van der Waals surface area contributed by atoms with E-state index in [0.29, 0.717) is 15.4 Å². The van der Waals surface area contributed by atoms with E-state index in [-0.39, 0.29) is 5.75 Å². The first-order chi connectivity index (χ1) is 36.8. The highest BCUT2D eigenvalue weighted by Crippen LogP contribution is 2.39. The topological polar surface area (TPSA) is 144 Å². The molecule has 7 aliphatic rings. The molecule has 7 heterocycles. The van der Waals surface area contributed by atoms with E-state index in [1.807, 2.05) is 24.3 Å². The molecule has 5 N–H and O–H groups in total. The largest absolute Gasteiger partial charge is 0.506 e. The molecular weight excluding hydrogens is 1210 g/mol. The molecule has 0 amide bonds. The van der Waals surface area contributed by atoms with E-state index in [1.54, 1.807) is 12.1 Å². The fraction of sp³-hybridized carbons (Fsp3) is 0.466. The molecule has 0 aromatic heterocycles. The second-order valence-electron chi connectivity index (χ2n) is 18.7. The Morgan fingerprint density at radius 1 is 0.507 bits per heavy atom. The van der Waals surface area contributed by atoms with Crippen molar-refractivity contribution in [2.45, 2.75) is 51.4 Å². The summed E-state index contributed by atoms with van der Waals surface area (Å²) in [5.74, 6) is 4.66. The van der Waals surface area contributed by atoms with Gasteiger partial charge in [-0.05, 0) is 139 Å². The van der Waals surface area contributed by atoms with Crippen LogP contribution in [0.15, 0.2) is 104 Å². The normalized spacial score (nSPS) is 16.7. The fourth-order valence-electron chi connectivity index (χ4n) is 9.65. The zero-order valence-corrected chi connectivity index (χ0v) is 49.5. The number of ether oxygens (including phenoxy) is 4. The highest BCUT2D eigenvalue weighted by molar-refractivity contribution is 9.11. The monoisotopic (exact) mass is 1280 g/mol. The molecule has 404 valence electrons. The van der Waals surface area contributed by atoms with Crippen LogP contribution in [0, 0.1) is 11.3 Å². The van der Waals surface area contributed by atoms with E-state index < -0.39 is 0 Å². The van der Waals surface area contributed by atoms with Gasteiger partial charge in [0.1, 0.15) is 28.7 Å². The summed E-state index contributed by atoms with van der Waals surface area (Å²) < 4.78 is 25.1. The lowest BCUT2D eigenvalue weighted by Crippen LogP contribution is -2.46. The number of anilines is 3. The van der Waals surface area contributed by atoms with Crippen molar-refractivity contribution < 1.29 is 24.1 Å². The number of aromatic hydroxyl groups is 1. The van der Waals surface area contributed by atoms with Crippen LogP contribution < -0.4 is 50.0 Å². The number of alkyl halides is 1. The molecule has 12 rings (SSSR count). The lowest BCUT2D eigenvalue weighted by Gasteiger charge is -2.36. The third-order valence-electron chi connectivity index (χ3n) is 13.7. The van der Waals surface area contributed by atoms with Crippen LogP contribution in [-0.4, -0.2) is 133 Å². The Hall–Kier alpha value is -4.25. The first-order valence-electron chi connectivity index (χ1n) is 26.6. The van der Waals surface area contributed by atoms with Crippen molar-refractivity contribution in [2.75, 3.05) is 138 Å². The van der Waals surface area contributed by atoms with Crippen LogP contribution in [-0.2, 0) is 25.7 Å². The summed E-state index contributed by atoms with van der Waals surface area (Å²) in [5, 5.41) is 24.7. The van der Waals surface area contributed by atoms with Gasteiger partial charge >= 0.3 is 0 Å². The van der Waals surface area contributed by atoms with E-state index >= 15 is 0 Å². The first-order valence-corrected chi connectivity index (χ1v) is 30.1. The van der Waals surface area contributed by atoms with Gasteiger partial charge < -0.3 is 55.1 Å². The number of phenolic OH excluding ortho intramolecular Hbond substituents is 1. The molecule has 0 atom stereocenters. The Kier molecular flexibility index (Phi) is 24.8. The number of nitriles is 1.